The Balaban J connectivity index is 1.67. The van der Waals surface area contributed by atoms with Gasteiger partial charge in [-0.25, -0.2) is 0 Å². The van der Waals surface area contributed by atoms with Gasteiger partial charge in [-0.2, -0.15) is 0 Å². The Morgan fingerprint density at radius 3 is 2.28 bits per heavy atom. The summed E-state index contributed by atoms with van der Waals surface area (Å²) in [6.07, 6.45) is 0.834. The maximum Gasteiger partial charge on any atom is 0.181 e. The third-order valence-corrected chi connectivity index (χ3v) is 4.11. The van der Waals surface area contributed by atoms with E-state index in [0.717, 1.165) is 17.9 Å². The molecule has 0 unspecified atom stereocenters. The summed E-state index contributed by atoms with van der Waals surface area (Å²) in [6.45, 7) is 0.262. The van der Waals surface area contributed by atoms with E-state index in [0.29, 0.717) is 5.56 Å². The SMILES string of the molecule is COc1ccc(C(=O)CNc2ccccc2Cc2ccccc2)cc1. The number of ether oxygens (including phenoxy) is 1. The minimum atomic E-state index is 0.0529. The van der Waals surface area contributed by atoms with Gasteiger partial charge in [-0.15, -0.1) is 0 Å². The summed E-state index contributed by atoms with van der Waals surface area (Å²) in [7, 11) is 1.61. The van der Waals surface area contributed by atoms with Crippen molar-refractivity contribution in [2.45, 2.75) is 6.42 Å². The second-order valence-electron chi connectivity index (χ2n) is 5.82. The first-order valence-electron chi connectivity index (χ1n) is 8.29. The van der Waals surface area contributed by atoms with Gasteiger partial charge in [0.25, 0.3) is 0 Å². The Bertz CT molecular complexity index is 826. The third-order valence-electron chi connectivity index (χ3n) is 4.11. The standard InChI is InChI=1S/C22H21NO2/c1-25-20-13-11-18(12-14-20)22(24)16-23-21-10-6-5-9-19(21)15-17-7-3-2-4-8-17/h2-14,23H,15-16H2,1H3. The van der Waals surface area contributed by atoms with Crippen molar-refractivity contribution < 1.29 is 9.53 Å². The zero-order valence-electron chi connectivity index (χ0n) is 14.2. The van der Waals surface area contributed by atoms with E-state index in [4.69, 9.17) is 4.74 Å². The Morgan fingerprint density at radius 2 is 1.56 bits per heavy atom. The molecule has 1 N–H and O–H groups in total. The number of benzene rings is 3. The molecule has 0 aliphatic heterocycles. The van der Waals surface area contributed by atoms with Crippen molar-refractivity contribution in [3.05, 3.63) is 95.6 Å². The number of carbonyl (C=O) groups is 1. The number of hydrogen-bond donors (Lipinski definition) is 1. The molecule has 0 saturated heterocycles. The molecule has 0 fully saturated rings. The second kappa shape index (κ2) is 8.15. The maximum absolute atomic E-state index is 12.4. The normalized spacial score (nSPS) is 10.3. The summed E-state index contributed by atoms with van der Waals surface area (Å²) in [5.74, 6) is 0.801. The van der Waals surface area contributed by atoms with E-state index in [1.165, 1.54) is 11.1 Å². The number of Topliss-reactive ketones (excluding diaryl/α,β-unsaturated/α-hetero) is 1. The number of methoxy groups -OCH3 is 1. The monoisotopic (exact) mass is 331 g/mol. The summed E-state index contributed by atoms with van der Waals surface area (Å²) in [4.78, 5) is 12.4. The molecule has 0 spiro atoms. The fourth-order valence-corrected chi connectivity index (χ4v) is 2.72. The molecule has 0 aliphatic carbocycles. The van der Waals surface area contributed by atoms with E-state index >= 15 is 0 Å². The minimum absolute atomic E-state index is 0.0529. The topological polar surface area (TPSA) is 38.3 Å². The lowest BCUT2D eigenvalue weighted by atomic mass is 10.0. The molecule has 3 aromatic rings. The van der Waals surface area contributed by atoms with Gasteiger partial charge in [0.05, 0.1) is 13.7 Å². The van der Waals surface area contributed by atoms with Crippen LogP contribution in [0.15, 0.2) is 78.9 Å². The molecule has 25 heavy (non-hydrogen) atoms. The van der Waals surface area contributed by atoms with E-state index in [2.05, 4.69) is 23.5 Å². The summed E-state index contributed by atoms with van der Waals surface area (Å²) >= 11 is 0. The van der Waals surface area contributed by atoms with Gasteiger partial charge >= 0.3 is 0 Å². The lowest BCUT2D eigenvalue weighted by molar-refractivity contribution is 0.101. The molecule has 0 saturated carbocycles. The molecule has 126 valence electrons. The highest BCUT2D eigenvalue weighted by atomic mass is 16.5. The molecule has 3 rings (SSSR count). The second-order valence-corrected chi connectivity index (χ2v) is 5.82. The van der Waals surface area contributed by atoms with E-state index in [-0.39, 0.29) is 12.3 Å². The van der Waals surface area contributed by atoms with Gasteiger partial charge in [-0.1, -0.05) is 48.5 Å². The van der Waals surface area contributed by atoms with Crippen LogP contribution in [0.1, 0.15) is 21.5 Å². The van der Waals surface area contributed by atoms with Crippen LogP contribution >= 0.6 is 0 Å². The van der Waals surface area contributed by atoms with E-state index in [9.17, 15) is 4.79 Å². The number of nitrogens with one attached hydrogen (secondary N) is 1. The molecular weight excluding hydrogens is 310 g/mol. The molecule has 0 bridgehead atoms. The van der Waals surface area contributed by atoms with Crippen molar-refractivity contribution in [3.8, 4) is 5.75 Å². The van der Waals surface area contributed by atoms with Gasteiger partial charge in [0.1, 0.15) is 5.75 Å². The van der Waals surface area contributed by atoms with Crippen LogP contribution in [0.4, 0.5) is 5.69 Å². The van der Waals surface area contributed by atoms with E-state index < -0.39 is 0 Å². The number of para-hydroxylation sites is 1. The predicted octanol–water partition coefficient (Wildman–Crippen LogP) is 4.58. The van der Waals surface area contributed by atoms with Gasteiger partial charge in [0.15, 0.2) is 5.78 Å². The average Bonchev–Trinajstić information content (AvgIpc) is 2.68. The van der Waals surface area contributed by atoms with Crippen LogP contribution in [-0.2, 0) is 6.42 Å². The third kappa shape index (κ3) is 4.48. The number of ketones is 1. The average molecular weight is 331 g/mol. The van der Waals surface area contributed by atoms with Gasteiger partial charge < -0.3 is 10.1 Å². The highest BCUT2D eigenvalue weighted by molar-refractivity contribution is 5.99. The molecule has 0 aliphatic rings. The van der Waals surface area contributed by atoms with Crippen LogP contribution in [0.5, 0.6) is 5.75 Å². The number of hydrogen-bond acceptors (Lipinski definition) is 3. The van der Waals surface area contributed by atoms with Crippen LogP contribution in [0.25, 0.3) is 0 Å². The van der Waals surface area contributed by atoms with Crippen molar-refractivity contribution in [1.29, 1.82) is 0 Å². The van der Waals surface area contributed by atoms with Crippen molar-refractivity contribution >= 4 is 11.5 Å². The van der Waals surface area contributed by atoms with Gasteiger partial charge in [0.2, 0.25) is 0 Å². The molecule has 0 atom stereocenters. The quantitative estimate of drug-likeness (QED) is 0.644. The highest BCUT2D eigenvalue weighted by Crippen LogP contribution is 2.19. The summed E-state index contributed by atoms with van der Waals surface area (Å²) in [5, 5.41) is 3.28. The maximum atomic E-state index is 12.4. The molecule has 0 amide bonds. The Morgan fingerprint density at radius 1 is 0.880 bits per heavy atom. The molecular formula is C22H21NO2. The van der Waals surface area contributed by atoms with Crippen molar-refractivity contribution in [2.24, 2.45) is 0 Å². The van der Waals surface area contributed by atoms with Gasteiger partial charge in [-0.3, -0.25) is 4.79 Å². The van der Waals surface area contributed by atoms with Crippen molar-refractivity contribution in [3.63, 3.8) is 0 Å². The molecule has 3 heteroatoms. The first kappa shape index (κ1) is 16.8. The van der Waals surface area contributed by atoms with Gasteiger partial charge in [0, 0.05) is 11.3 Å². The minimum Gasteiger partial charge on any atom is -0.497 e. The smallest absolute Gasteiger partial charge is 0.181 e. The summed E-state index contributed by atoms with van der Waals surface area (Å²) < 4.78 is 5.12. The number of rotatable bonds is 7. The Hall–Kier alpha value is -3.07. The highest BCUT2D eigenvalue weighted by Gasteiger charge is 2.08. The summed E-state index contributed by atoms with van der Waals surface area (Å²) in [6, 6.07) is 25.6. The predicted molar refractivity (Wildman–Crippen MR) is 102 cm³/mol. The number of carbonyl (C=O) groups excluding carboxylic acids is 1. The molecule has 3 nitrogen and oxygen atoms in total. The van der Waals surface area contributed by atoms with E-state index in [1.807, 2.05) is 36.4 Å². The van der Waals surface area contributed by atoms with Crippen molar-refractivity contribution in [1.82, 2.24) is 0 Å². The largest absolute Gasteiger partial charge is 0.497 e. The number of anilines is 1. The van der Waals surface area contributed by atoms with Crippen LogP contribution in [0.3, 0.4) is 0 Å². The lowest BCUT2D eigenvalue weighted by Gasteiger charge is -2.12. The molecule has 0 aromatic heterocycles. The van der Waals surface area contributed by atoms with Crippen LogP contribution in [-0.4, -0.2) is 19.4 Å². The Labute approximate surface area is 148 Å². The van der Waals surface area contributed by atoms with E-state index in [1.54, 1.807) is 31.4 Å². The summed E-state index contributed by atoms with van der Waals surface area (Å²) in [5.41, 5.74) is 4.09. The zero-order valence-corrected chi connectivity index (χ0v) is 14.2. The fraction of sp³-hybridized carbons (Fsp3) is 0.136. The fourth-order valence-electron chi connectivity index (χ4n) is 2.72. The zero-order chi connectivity index (χ0) is 17.5. The molecule has 3 aromatic carbocycles. The van der Waals surface area contributed by atoms with Crippen LogP contribution < -0.4 is 10.1 Å². The molecule has 0 heterocycles. The first-order chi connectivity index (χ1) is 12.3. The Kier molecular flexibility index (Phi) is 5.47. The van der Waals surface area contributed by atoms with Crippen LogP contribution in [0.2, 0.25) is 0 Å². The lowest BCUT2D eigenvalue weighted by Crippen LogP contribution is -2.15. The van der Waals surface area contributed by atoms with Crippen LogP contribution in [0, 0.1) is 0 Å². The first-order valence-corrected chi connectivity index (χ1v) is 8.29. The molecule has 0 radical (unpaired) electrons. The van der Waals surface area contributed by atoms with Gasteiger partial charge in [-0.05, 0) is 47.9 Å². The van der Waals surface area contributed by atoms with Crippen molar-refractivity contribution in [2.75, 3.05) is 19.0 Å².